The van der Waals surface area contributed by atoms with E-state index in [1.807, 2.05) is 18.2 Å². The second-order valence-electron chi connectivity index (χ2n) is 8.49. The van der Waals surface area contributed by atoms with Crippen LogP contribution in [-0.2, 0) is 6.42 Å². The number of benzene rings is 2. The number of nitrogens with zero attached hydrogens (tertiary/aromatic N) is 1. The van der Waals surface area contributed by atoms with E-state index in [0.29, 0.717) is 6.61 Å². The van der Waals surface area contributed by atoms with Crippen molar-refractivity contribution in [1.82, 2.24) is 4.90 Å². The Morgan fingerprint density at radius 2 is 1.93 bits per heavy atom. The van der Waals surface area contributed by atoms with Crippen molar-refractivity contribution in [2.24, 2.45) is 0 Å². The molecule has 0 radical (unpaired) electrons. The largest absolute Gasteiger partial charge is 0.497 e. The quantitative estimate of drug-likeness (QED) is 0.622. The monoisotopic (exact) mass is 393 g/mol. The summed E-state index contributed by atoms with van der Waals surface area (Å²) in [6.07, 6.45) is 5.39. The fraction of sp³-hybridized carbons (Fsp3) is 0.440. The van der Waals surface area contributed by atoms with Gasteiger partial charge in [0.15, 0.2) is 11.5 Å². The molecule has 2 heterocycles. The van der Waals surface area contributed by atoms with Crippen LogP contribution in [-0.4, -0.2) is 43.9 Å². The van der Waals surface area contributed by atoms with Gasteiger partial charge in [-0.2, -0.15) is 0 Å². The van der Waals surface area contributed by atoms with Gasteiger partial charge < -0.3 is 14.2 Å². The summed E-state index contributed by atoms with van der Waals surface area (Å²) in [4.78, 5) is 2.49. The van der Waals surface area contributed by atoms with E-state index in [4.69, 9.17) is 14.2 Å². The Bertz CT molecular complexity index is 870. The molecule has 4 rings (SSSR count). The van der Waals surface area contributed by atoms with Crippen LogP contribution in [0, 0.1) is 0 Å². The highest BCUT2D eigenvalue weighted by molar-refractivity contribution is 5.67. The van der Waals surface area contributed by atoms with Crippen molar-refractivity contribution in [3.8, 4) is 17.2 Å². The minimum atomic E-state index is -0.135. The van der Waals surface area contributed by atoms with Crippen molar-refractivity contribution in [3.63, 3.8) is 0 Å². The van der Waals surface area contributed by atoms with Crippen LogP contribution in [0.2, 0.25) is 0 Å². The maximum absolute atomic E-state index is 6.09. The van der Waals surface area contributed by atoms with Gasteiger partial charge in [0.05, 0.1) is 13.7 Å². The minimum absolute atomic E-state index is 0.135. The summed E-state index contributed by atoms with van der Waals surface area (Å²) >= 11 is 0. The average molecular weight is 394 g/mol. The van der Waals surface area contributed by atoms with Gasteiger partial charge in [0.25, 0.3) is 0 Å². The first-order valence-electron chi connectivity index (χ1n) is 10.5. The topological polar surface area (TPSA) is 30.9 Å². The predicted molar refractivity (Wildman–Crippen MR) is 117 cm³/mol. The summed E-state index contributed by atoms with van der Waals surface area (Å²) in [6.45, 7) is 8.11. The molecule has 0 atom stereocenters. The Hall–Kier alpha value is -2.46. The van der Waals surface area contributed by atoms with Gasteiger partial charge in [0, 0.05) is 31.6 Å². The zero-order valence-corrected chi connectivity index (χ0v) is 17.7. The van der Waals surface area contributed by atoms with Crippen molar-refractivity contribution in [2.75, 3.05) is 33.4 Å². The molecule has 2 aliphatic rings. The first kappa shape index (κ1) is 19.8. The smallest absolute Gasteiger partial charge is 0.165 e. The second kappa shape index (κ2) is 8.50. The first-order chi connectivity index (χ1) is 14.0. The van der Waals surface area contributed by atoms with E-state index in [9.17, 15) is 0 Å². The maximum atomic E-state index is 6.09. The van der Waals surface area contributed by atoms with E-state index in [0.717, 1.165) is 56.1 Å². The van der Waals surface area contributed by atoms with E-state index in [1.54, 1.807) is 7.11 Å². The second-order valence-corrected chi connectivity index (χ2v) is 8.49. The maximum Gasteiger partial charge on any atom is 0.165 e. The van der Waals surface area contributed by atoms with Crippen molar-refractivity contribution >= 4 is 5.57 Å². The molecule has 29 heavy (non-hydrogen) atoms. The van der Waals surface area contributed by atoms with Crippen LogP contribution in [0.5, 0.6) is 17.2 Å². The van der Waals surface area contributed by atoms with Crippen LogP contribution in [0.3, 0.4) is 0 Å². The lowest BCUT2D eigenvalue weighted by Gasteiger charge is -2.26. The van der Waals surface area contributed by atoms with Crippen molar-refractivity contribution in [3.05, 3.63) is 59.7 Å². The van der Waals surface area contributed by atoms with Crippen LogP contribution in [0.15, 0.2) is 48.5 Å². The SMILES string of the molecule is COc1ccc(C2=CCN(CCCOc3cccc4c3OC(C)(C)C4)CC2)cc1. The number of methoxy groups -OCH3 is 1. The summed E-state index contributed by atoms with van der Waals surface area (Å²) in [5.41, 5.74) is 3.85. The van der Waals surface area contributed by atoms with Gasteiger partial charge in [0.1, 0.15) is 11.4 Å². The summed E-state index contributed by atoms with van der Waals surface area (Å²) < 4.78 is 17.4. The van der Waals surface area contributed by atoms with Crippen molar-refractivity contribution in [1.29, 1.82) is 0 Å². The number of para-hydroxylation sites is 1. The number of hydrogen-bond acceptors (Lipinski definition) is 4. The van der Waals surface area contributed by atoms with Crippen LogP contribution in [0.25, 0.3) is 5.57 Å². The van der Waals surface area contributed by atoms with Gasteiger partial charge in [-0.1, -0.05) is 30.3 Å². The van der Waals surface area contributed by atoms with Gasteiger partial charge in [0.2, 0.25) is 0 Å². The molecule has 2 aliphatic heterocycles. The Morgan fingerprint density at radius 1 is 1.10 bits per heavy atom. The van der Waals surface area contributed by atoms with E-state index < -0.39 is 0 Å². The molecule has 154 valence electrons. The molecule has 2 aromatic rings. The van der Waals surface area contributed by atoms with Crippen LogP contribution >= 0.6 is 0 Å². The third kappa shape index (κ3) is 4.76. The zero-order chi connectivity index (χ0) is 20.3. The normalized spacial score (nSPS) is 18.0. The molecule has 0 aromatic heterocycles. The molecule has 4 heteroatoms. The van der Waals surface area contributed by atoms with E-state index in [2.05, 4.69) is 49.1 Å². The minimum Gasteiger partial charge on any atom is -0.497 e. The lowest BCUT2D eigenvalue weighted by molar-refractivity contribution is 0.131. The summed E-state index contributed by atoms with van der Waals surface area (Å²) in [5, 5.41) is 0. The van der Waals surface area contributed by atoms with Gasteiger partial charge in [-0.3, -0.25) is 4.90 Å². The fourth-order valence-electron chi connectivity index (χ4n) is 4.15. The molecule has 0 fully saturated rings. The third-order valence-electron chi connectivity index (χ3n) is 5.69. The fourth-order valence-corrected chi connectivity index (χ4v) is 4.15. The molecule has 0 amide bonds. The number of fused-ring (bicyclic) bond motifs is 1. The molecule has 2 aromatic carbocycles. The lowest BCUT2D eigenvalue weighted by Crippen LogP contribution is -2.30. The first-order valence-corrected chi connectivity index (χ1v) is 10.5. The molecule has 0 bridgehead atoms. The number of hydrogen-bond donors (Lipinski definition) is 0. The average Bonchev–Trinajstić information content (AvgIpc) is 3.06. The Morgan fingerprint density at radius 3 is 2.66 bits per heavy atom. The van der Waals surface area contributed by atoms with Gasteiger partial charge in [-0.05, 0) is 56.0 Å². The highest BCUT2D eigenvalue weighted by Crippen LogP contribution is 2.41. The van der Waals surface area contributed by atoms with Crippen LogP contribution < -0.4 is 14.2 Å². The molecular formula is C25H31NO3. The van der Waals surface area contributed by atoms with Crippen molar-refractivity contribution in [2.45, 2.75) is 38.7 Å². The Kier molecular flexibility index (Phi) is 5.81. The van der Waals surface area contributed by atoms with Crippen molar-refractivity contribution < 1.29 is 14.2 Å². The molecule has 0 unspecified atom stereocenters. The number of ether oxygens (including phenoxy) is 3. The standard InChI is InChI=1S/C25H31NO3/c1-25(2)18-21-6-4-7-23(24(21)29-25)28-17-5-14-26-15-12-20(13-16-26)19-8-10-22(27-3)11-9-19/h4,6-12H,5,13-18H2,1-3H3. The zero-order valence-electron chi connectivity index (χ0n) is 17.7. The van der Waals surface area contributed by atoms with Gasteiger partial charge >= 0.3 is 0 Å². The van der Waals surface area contributed by atoms with Crippen LogP contribution in [0.1, 0.15) is 37.8 Å². The molecule has 4 nitrogen and oxygen atoms in total. The Labute approximate surface area is 174 Å². The highest BCUT2D eigenvalue weighted by Gasteiger charge is 2.32. The Balaban J connectivity index is 1.24. The summed E-state index contributed by atoms with van der Waals surface area (Å²) in [5.74, 6) is 2.72. The lowest BCUT2D eigenvalue weighted by atomic mass is 9.99. The molecule has 0 aliphatic carbocycles. The molecular weight excluding hydrogens is 362 g/mol. The van der Waals surface area contributed by atoms with Gasteiger partial charge in [-0.15, -0.1) is 0 Å². The predicted octanol–water partition coefficient (Wildman–Crippen LogP) is 4.97. The van der Waals surface area contributed by atoms with Gasteiger partial charge in [-0.25, -0.2) is 0 Å². The van der Waals surface area contributed by atoms with E-state index in [-0.39, 0.29) is 5.60 Å². The molecule has 0 N–H and O–H groups in total. The van der Waals surface area contributed by atoms with Crippen LogP contribution in [0.4, 0.5) is 0 Å². The summed E-state index contributed by atoms with van der Waals surface area (Å²) in [6, 6.07) is 14.6. The highest BCUT2D eigenvalue weighted by atomic mass is 16.5. The third-order valence-corrected chi connectivity index (χ3v) is 5.69. The molecule has 0 saturated carbocycles. The molecule has 0 saturated heterocycles. The molecule has 0 spiro atoms. The van der Waals surface area contributed by atoms with E-state index >= 15 is 0 Å². The van der Waals surface area contributed by atoms with E-state index in [1.165, 1.54) is 16.7 Å². The summed E-state index contributed by atoms with van der Waals surface area (Å²) in [7, 11) is 1.70. The number of rotatable bonds is 7.